The molecule has 90 valence electrons. The number of aryl methyl sites for hydroxylation is 1. The molecule has 0 unspecified atom stereocenters. The molecule has 0 bridgehead atoms. The zero-order valence-electron chi connectivity index (χ0n) is 9.47. The molecule has 0 radical (unpaired) electrons. The molecule has 1 aromatic carbocycles. The van der Waals surface area contributed by atoms with Gasteiger partial charge in [0.15, 0.2) is 0 Å². The van der Waals surface area contributed by atoms with Gasteiger partial charge in [0.05, 0.1) is 0 Å². The Hall–Kier alpha value is -0.500. The Labute approximate surface area is 119 Å². The van der Waals surface area contributed by atoms with Crippen LogP contribution in [0.25, 0.3) is 0 Å². The molecule has 0 saturated heterocycles. The topological polar surface area (TPSA) is 27.1 Å². The molecule has 1 aromatic heterocycles. The summed E-state index contributed by atoms with van der Waals surface area (Å²) < 4.78 is 10.8. The molecule has 0 fully saturated rings. The minimum absolute atomic E-state index is 0.121. The molecule has 0 N–H and O–H groups in total. The van der Waals surface area contributed by atoms with Gasteiger partial charge >= 0.3 is 120 Å². The van der Waals surface area contributed by atoms with Crippen molar-refractivity contribution in [2.75, 3.05) is 7.11 Å². The third kappa shape index (κ3) is 4.02. The summed E-state index contributed by atoms with van der Waals surface area (Å²) in [7, 11) is 1.70. The molecule has 17 heavy (non-hydrogen) atoms. The molecule has 2 rings (SSSR count). The molecule has 1 heterocycles. The van der Waals surface area contributed by atoms with Gasteiger partial charge in [0.1, 0.15) is 0 Å². The first-order valence-corrected chi connectivity index (χ1v) is 8.83. The molecule has 0 spiro atoms. The second-order valence-electron chi connectivity index (χ2n) is 3.45. The molecule has 0 aliphatic heterocycles. The van der Waals surface area contributed by atoms with Gasteiger partial charge in [-0.3, -0.25) is 0 Å². The molecule has 0 amide bonds. The standard InChI is InChI=1S/C12H13BrN2OTe/c1-16-11-2-4-12(5-3-11)17-7-6-15-9-10(13)8-14-15/h2-5,8-9H,6-7H2,1H3. The van der Waals surface area contributed by atoms with E-state index in [-0.39, 0.29) is 20.9 Å². The van der Waals surface area contributed by atoms with Crippen LogP contribution in [0, 0.1) is 0 Å². The Bertz CT molecular complexity index is 470. The number of rotatable bonds is 5. The second kappa shape index (κ2) is 6.44. The van der Waals surface area contributed by atoms with Crippen LogP contribution in [0.3, 0.4) is 0 Å². The first-order valence-electron chi connectivity index (χ1n) is 5.23. The molecule has 0 aliphatic carbocycles. The molecule has 3 nitrogen and oxygen atoms in total. The van der Waals surface area contributed by atoms with Crippen LogP contribution < -0.4 is 8.35 Å². The van der Waals surface area contributed by atoms with Gasteiger partial charge in [-0.25, -0.2) is 0 Å². The summed E-state index contributed by atoms with van der Waals surface area (Å²) in [5.41, 5.74) is 0. The molecule has 5 heteroatoms. The number of hydrogen-bond acceptors (Lipinski definition) is 2. The van der Waals surface area contributed by atoms with Gasteiger partial charge in [0, 0.05) is 0 Å². The fourth-order valence-electron chi connectivity index (χ4n) is 1.39. The van der Waals surface area contributed by atoms with Crippen LogP contribution in [0.1, 0.15) is 0 Å². The Morgan fingerprint density at radius 1 is 1.35 bits per heavy atom. The van der Waals surface area contributed by atoms with Gasteiger partial charge in [-0.05, 0) is 0 Å². The second-order valence-corrected chi connectivity index (χ2v) is 7.70. The number of aromatic nitrogens is 2. The van der Waals surface area contributed by atoms with E-state index in [4.69, 9.17) is 4.74 Å². The Morgan fingerprint density at radius 3 is 2.71 bits per heavy atom. The summed E-state index contributed by atoms with van der Waals surface area (Å²) in [4.78, 5) is 0. The maximum atomic E-state index is 5.14. The Kier molecular flexibility index (Phi) is 4.90. The van der Waals surface area contributed by atoms with E-state index in [1.807, 2.05) is 29.2 Å². The average Bonchev–Trinajstić information content (AvgIpc) is 2.76. The predicted octanol–water partition coefficient (Wildman–Crippen LogP) is 2.10. The fraction of sp³-hybridized carbons (Fsp3) is 0.250. The van der Waals surface area contributed by atoms with Crippen LogP contribution in [0.4, 0.5) is 0 Å². The van der Waals surface area contributed by atoms with Crippen LogP contribution in [-0.2, 0) is 6.54 Å². The van der Waals surface area contributed by atoms with Crippen molar-refractivity contribution in [3.8, 4) is 5.75 Å². The van der Waals surface area contributed by atoms with Crippen molar-refractivity contribution in [3.05, 3.63) is 41.1 Å². The van der Waals surface area contributed by atoms with E-state index in [0.29, 0.717) is 0 Å². The van der Waals surface area contributed by atoms with Crippen molar-refractivity contribution in [3.63, 3.8) is 0 Å². The molecule has 0 aliphatic rings. The molecular formula is C12H13BrN2OTe. The van der Waals surface area contributed by atoms with Crippen LogP contribution >= 0.6 is 15.9 Å². The first-order chi connectivity index (χ1) is 8.28. The third-order valence-corrected chi connectivity index (χ3v) is 5.49. The van der Waals surface area contributed by atoms with Crippen LogP contribution in [-0.4, -0.2) is 37.8 Å². The number of hydrogen-bond donors (Lipinski definition) is 0. The van der Waals surface area contributed by atoms with Gasteiger partial charge in [-0.15, -0.1) is 0 Å². The minimum atomic E-state index is -0.121. The van der Waals surface area contributed by atoms with E-state index in [9.17, 15) is 0 Å². The Morgan fingerprint density at radius 2 is 2.12 bits per heavy atom. The summed E-state index contributed by atoms with van der Waals surface area (Å²) >= 11 is 3.28. The van der Waals surface area contributed by atoms with Crippen molar-refractivity contribution in [2.24, 2.45) is 0 Å². The van der Waals surface area contributed by atoms with E-state index in [0.717, 1.165) is 16.8 Å². The van der Waals surface area contributed by atoms with E-state index >= 15 is 0 Å². The summed E-state index contributed by atoms with van der Waals surface area (Å²) in [6, 6.07) is 8.40. The first kappa shape index (κ1) is 12.9. The third-order valence-electron chi connectivity index (χ3n) is 2.25. The van der Waals surface area contributed by atoms with Crippen LogP contribution in [0.15, 0.2) is 41.1 Å². The molecule has 0 atom stereocenters. The monoisotopic (exact) mass is 410 g/mol. The van der Waals surface area contributed by atoms with Crippen molar-refractivity contribution in [1.29, 1.82) is 0 Å². The van der Waals surface area contributed by atoms with Gasteiger partial charge in [-0.2, -0.15) is 0 Å². The molecule has 2 aromatic rings. The van der Waals surface area contributed by atoms with E-state index < -0.39 is 0 Å². The van der Waals surface area contributed by atoms with Gasteiger partial charge in [0.25, 0.3) is 0 Å². The fourth-order valence-corrected chi connectivity index (χ4v) is 4.12. The quantitative estimate of drug-likeness (QED) is 0.709. The van der Waals surface area contributed by atoms with Gasteiger partial charge in [-0.1, -0.05) is 0 Å². The summed E-state index contributed by atoms with van der Waals surface area (Å²) in [5.74, 6) is 0.928. The van der Waals surface area contributed by atoms with Crippen molar-refractivity contribution in [2.45, 2.75) is 11.0 Å². The van der Waals surface area contributed by atoms with Gasteiger partial charge < -0.3 is 0 Å². The van der Waals surface area contributed by atoms with E-state index in [1.54, 1.807) is 7.11 Å². The number of halogens is 1. The maximum absolute atomic E-state index is 5.14. The van der Waals surface area contributed by atoms with Crippen LogP contribution in [0.2, 0.25) is 4.47 Å². The van der Waals surface area contributed by atoms with Crippen LogP contribution in [0.5, 0.6) is 5.75 Å². The number of ether oxygens (including phenoxy) is 1. The summed E-state index contributed by atoms with van der Waals surface area (Å²) in [6.45, 7) is 1.000. The zero-order valence-corrected chi connectivity index (χ0v) is 13.4. The molecular weight excluding hydrogens is 396 g/mol. The SMILES string of the molecule is COc1ccc([Te]CCn2cc(Br)cn2)cc1. The van der Waals surface area contributed by atoms with Crippen molar-refractivity contribution >= 4 is 40.5 Å². The van der Waals surface area contributed by atoms with Crippen molar-refractivity contribution < 1.29 is 4.74 Å². The summed E-state index contributed by atoms with van der Waals surface area (Å²) in [6.07, 6.45) is 3.84. The number of nitrogens with zero attached hydrogens (tertiary/aromatic N) is 2. The summed E-state index contributed by atoms with van der Waals surface area (Å²) in [5, 5.41) is 4.24. The van der Waals surface area contributed by atoms with E-state index in [2.05, 4.69) is 33.2 Å². The van der Waals surface area contributed by atoms with E-state index in [1.165, 1.54) is 8.08 Å². The normalized spacial score (nSPS) is 10.5. The predicted molar refractivity (Wildman–Crippen MR) is 73.1 cm³/mol. The average molecular weight is 409 g/mol. The number of methoxy groups -OCH3 is 1. The van der Waals surface area contributed by atoms with Crippen molar-refractivity contribution in [1.82, 2.24) is 9.78 Å². The number of benzene rings is 1. The zero-order chi connectivity index (χ0) is 12.1. The van der Waals surface area contributed by atoms with Gasteiger partial charge in [0.2, 0.25) is 0 Å². The molecule has 0 saturated carbocycles. The Balaban J connectivity index is 1.81.